The summed E-state index contributed by atoms with van der Waals surface area (Å²) < 4.78 is 0. The van der Waals surface area contributed by atoms with E-state index in [0.717, 1.165) is 24.1 Å². The minimum atomic E-state index is -1.12. The molecule has 1 rings (SSSR count). The fourth-order valence-corrected chi connectivity index (χ4v) is 1.32. The molecule has 1 aromatic rings. The maximum absolute atomic E-state index is 11.4. The van der Waals surface area contributed by atoms with Crippen molar-refractivity contribution in [2.24, 2.45) is 0 Å². The molecule has 1 amide bonds. The van der Waals surface area contributed by atoms with Crippen LogP contribution in [0.25, 0.3) is 0 Å². The number of likely N-dealkylation sites (N-methyl/N-ethyl adjacent to an activating group) is 1. The first-order chi connectivity index (χ1) is 8.09. The van der Waals surface area contributed by atoms with Crippen LogP contribution in [0.15, 0.2) is 42.5 Å². The Morgan fingerprint density at radius 2 is 1.88 bits per heavy atom. The van der Waals surface area contributed by atoms with Crippen LogP contribution in [0.3, 0.4) is 0 Å². The lowest BCUT2D eigenvalue weighted by Gasteiger charge is -2.14. The number of hydrogen-bond acceptors (Lipinski definition) is 2. The number of carboxylic acid groups (broad SMARTS) is 1. The molecule has 1 N–H and O–H groups in total. The van der Waals surface area contributed by atoms with Crippen LogP contribution in [0.1, 0.15) is 5.56 Å². The highest BCUT2D eigenvalue weighted by atomic mass is 16.4. The van der Waals surface area contributed by atoms with Gasteiger partial charge >= 0.3 is 5.97 Å². The molecule has 4 nitrogen and oxygen atoms in total. The second-order valence-corrected chi connectivity index (χ2v) is 3.67. The van der Waals surface area contributed by atoms with Gasteiger partial charge in [0.15, 0.2) is 0 Å². The summed E-state index contributed by atoms with van der Waals surface area (Å²) in [4.78, 5) is 23.2. The molecule has 17 heavy (non-hydrogen) atoms. The van der Waals surface area contributed by atoms with Crippen molar-refractivity contribution in [1.29, 1.82) is 0 Å². The lowest BCUT2D eigenvalue weighted by molar-refractivity contribution is -0.132. The number of aliphatic carboxylic acids is 1. The lowest BCUT2D eigenvalue weighted by Crippen LogP contribution is -2.27. The Morgan fingerprint density at radius 3 is 2.47 bits per heavy atom. The van der Waals surface area contributed by atoms with E-state index in [1.165, 1.54) is 4.90 Å². The van der Waals surface area contributed by atoms with Crippen LogP contribution in [0.2, 0.25) is 0 Å². The van der Waals surface area contributed by atoms with Gasteiger partial charge in [0, 0.05) is 25.7 Å². The molecule has 1 aromatic carbocycles. The number of benzene rings is 1. The number of carbonyl (C=O) groups is 2. The maximum atomic E-state index is 11.4. The number of nitrogens with zero attached hydrogens (tertiary/aromatic N) is 1. The number of carboxylic acids is 1. The summed E-state index contributed by atoms with van der Waals surface area (Å²) in [7, 11) is 1.65. The lowest BCUT2D eigenvalue weighted by atomic mass is 10.1. The highest BCUT2D eigenvalue weighted by molar-refractivity contribution is 5.93. The minimum Gasteiger partial charge on any atom is -0.478 e. The number of hydrogen-bond donors (Lipinski definition) is 1. The summed E-state index contributed by atoms with van der Waals surface area (Å²) in [5, 5.41) is 8.39. The summed E-state index contributed by atoms with van der Waals surface area (Å²) in [6, 6.07) is 9.81. The van der Waals surface area contributed by atoms with Crippen molar-refractivity contribution >= 4 is 11.9 Å². The molecule has 0 aliphatic rings. The molecule has 0 aromatic heterocycles. The van der Waals surface area contributed by atoms with Gasteiger partial charge in [-0.15, -0.1) is 0 Å². The zero-order chi connectivity index (χ0) is 12.7. The summed E-state index contributed by atoms with van der Waals surface area (Å²) in [6.45, 7) is 0.562. The molecule has 0 aliphatic carbocycles. The summed E-state index contributed by atoms with van der Waals surface area (Å²) in [6.07, 6.45) is 2.67. The van der Waals surface area contributed by atoms with Crippen molar-refractivity contribution < 1.29 is 14.7 Å². The summed E-state index contributed by atoms with van der Waals surface area (Å²) in [5.41, 5.74) is 1.15. The molecule has 90 valence electrons. The average Bonchev–Trinajstić information content (AvgIpc) is 2.34. The molecule has 0 spiro atoms. The molecule has 0 aliphatic heterocycles. The predicted molar refractivity (Wildman–Crippen MR) is 64.6 cm³/mol. The van der Waals surface area contributed by atoms with Crippen LogP contribution in [0.5, 0.6) is 0 Å². The van der Waals surface area contributed by atoms with Gasteiger partial charge in [-0.1, -0.05) is 30.3 Å². The third kappa shape index (κ3) is 4.97. The predicted octanol–water partition coefficient (Wildman–Crippen LogP) is 1.33. The van der Waals surface area contributed by atoms with Gasteiger partial charge in [-0.3, -0.25) is 4.79 Å². The minimum absolute atomic E-state index is 0.302. The fraction of sp³-hybridized carbons (Fsp3) is 0.231. The Balaban J connectivity index is 2.42. The molecule has 4 heteroatoms. The topological polar surface area (TPSA) is 57.6 Å². The Bertz CT molecular complexity index is 412. The Hall–Kier alpha value is -2.10. The van der Waals surface area contributed by atoms with Gasteiger partial charge in [0.2, 0.25) is 5.91 Å². The van der Waals surface area contributed by atoms with Crippen LogP contribution in [-0.2, 0) is 16.0 Å². The van der Waals surface area contributed by atoms with Crippen molar-refractivity contribution in [3.8, 4) is 0 Å². The van der Waals surface area contributed by atoms with Crippen LogP contribution in [0, 0.1) is 0 Å². The number of amides is 1. The van der Waals surface area contributed by atoms with Crippen LogP contribution < -0.4 is 0 Å². The first-order valence-corrected chi connectivity index (χ1v) is 5.29. The van der Waals surface area contributed by atoms with Gasteiger partial charge < -0.3 is 10.0 Å². The van der Waals surface area contributed by atoms with Gasteiger partial charge in [0.05, 0.1) is 0 Å². The van der Waals surface area contributed by atoms with E-state index in [4.69, 9.17) is 5.11 Å². The zero-order valence-corrected chi connectivity index (χ0v) is 9.67. The molecule has 0 saturated carbocycles. The van der Waals surface area contributed by atoms with E-state index < -0.39 is 5.97 Å². The van der Waals surface area contributed by atoms with Crippen LogP contribution in [-0.4, -0.2) is 35.5 Å². The van der Waals surface area contributed by atoms with E-state index in [1.807, 2.05) is 30.3 Å². The molecular weight excluding hydrogens is 218 g/mol. The first kappa shape index (κ1) is 13.0. The standard InChI is InChI=1S/C13H15NO3/c1-14(12(15)7-8-13(16)17)10-9-11-5-3-2-4-6-11/h2-8H,9-10H2,1H3,(H,16,17)/b8-7+. The Kier molecular flexibility index (Phi) is 4.94. The molecular formula is C13H15NO3. The third-order valence-corrected chi connectivity index (χ3v) is 2.32. The van der Waals surface area contributed by atoms with Gasteiger partial charge in [-0.2, -0.15) is 0 Å². The monoisotopic (exact) mass is 233 g/mol. The normalized spacial score (nSPS) is 10.4. The van der Waals surface area contributed by atoms with Crippen molar-refractivity contribution in [3.05, 3.63) is 48.0 Å². The van der Waals surface area contributed by atoms with Crippen LogP contribution in [0.4, 0.5) is 0 Å². The Labute approximate surface area is 100 Å². The van der Waals surface area contributed by atoms with Gasteiger partial charge in [0.25, 0.3) is 0 Å². The molecule has 0 atom stereocenters. The Morgan fingerprint density at radius 1 is 1.24 bits per heavy atom. The quantitative estimate of drug-likeness (QED) is 0.780. The van der Waals surface area contributed by atoms with Crippen molar-refractivity contribution in [2.75, 3.05) is 13.6 Å². The molecule has 0 heterocycles. The van der Waals surface area contributed by atoms with E-state index in [9.17, 15) is 9.59 Å². The molecule has 0 fully saturated rings. The zero-order valence-electron chi connectivity index (χ0n) is 9.67. The molecule has 0 bridgehead atoms. The van der Waals surface area contributed by atoms with E-state index in [1.54, 1.807) is 7.05 Å². The highest BCUT2D eigenvalue weighted by Crippen LogP contribution is 2.00. The SMILES string of the molecule is CN(CCc1ccccc1)C(=O)/C=C/C(=O)O. The maximum Gasteiger partial charge on any atom is 0.328 e. The van der Waals surface area contributed by atoms with Crippen molar-refractivity contribution in [1.82, 2.24) is 4.90 Å². The molecule has 0 saturated heterocycles. The van der Waals surface area contributed by atoms with E-state index in [0.29, 0.717) is 6.54 Å². The fourth-order valence-electron chi connectivity index (χ4n) is 1.32. The van der Waals surface area contributed by atoms with Crippen LogP contribution >= 0.6 is 0 Å². The van der Waals surface area contributed by atoms with Gasteiger partial charge in [-0.05, 0) is 12.0 Å². The summed E-state index contributed by atoms with van der Waals surface area (Å²) in [5.74, 6) is -1.42. The average molecular weight is 233 g/mol. The van der Waals surface area contributed by atoms with Gasteiger partial charge in [0.1, 0.15) is 0 Å². The summed E-state index contributed by atoms with van der Waals surface area (Å²) >= 11 is 0. The van der Waals surface area contributed by atoms with Gasteiger partial charge in [-0.25, -0.2) is 4.79 Å². The van der Waals surface area contributed by atoms with E-state index in [2.05, 4.69) is 0 Å². The highest BCUT2D eigenvalue weighted by Gasteiger charge is 2.05. The largest absolute Gasteiger partial charge is 0.478 e. The van der Waals surface area contributed by atoms with E-state index >= 15 is 0 Å². The second kappa shape index (κ2) is 6.48. The smallest absolute Gasteiger partial charge is 0.328 e. The van der Waals surface area contributed by atoms with E-state index in [-0.39, 0.29) is 5.91 Å². The van der Waals surface area contributed by atoms with Crippen molar-refractivity contribution in [3.63, 3.8) is 0 Å². The second-order valence-electron chi connectivity index (χ2n) is 3.67. The third-order valence-electron chi connectivity index (χ3n) is 2.32. The molecule has 0 radical (unpaired) electrons. The van der Waals surface area contributed by atoms with Crippen molar-refractivity contribution in [2.45, 2.75) is 6.42 Å². The first-order valence-electron chi connectivity index (χ1n) is 5.29. The molecule has 0 unspecified atom stereocenters. The number of rotatable bonds is 5. The number of carbonyl (C=O) groups excluding carboxylic acids is 1.